The van der Waals surface area contributed by atoms with E-state index < -0.39 is 22.7 Å². The van der Waals surface area contributed by atoms with E-state index in [0.29, 0.717) is 26.1 Å². The van der Waals surface area contributed by atoms with Gasteiger partial charge in [-0.15, -0.1) is 0 Å². The van der Waals surface area contributed by atoms with Gasteiger partial charge in [0.25, 0.3) is 11.6 Å². The number of nitro groups is 1. The Kier molecular flexibility index (Phi) is 5.38. The Hall–Kier alpha value is -2.66. The number of hydrogen-bond acceptors (Lipinski definition) is 8. The minimum Gasteiger partial charge on any atom is -0.481 e. The number of carboxylic acids is 1. The van der Waals surface area contributed by atoms with Crippen LogP contribution in [-0.2, 0) is 9.53 Å². The number of nitro benzene ring substituents is 1. The number of carbonyl (C=O) groups is 2. The minimum atomic E-state index is -0.984. The number of nitrogens with one attached hydrogen (secondary N) is 1. The molecule has 0 spiro atoms. The van der Waals surface area contributed by atoms with E-state index in [-0.39, 0.29) is 34.7 Å². The number of non-ortho nitro benzene ring substituents is 1. The summed E-state index contributed by atoms with van der Waals surface area (Å²) in [5, 5.41) is 23.2. The monoisotopic (exact) mass is 380 g/mol. The summed E-state index contributed by atoms with van der Waals surface area (Å²) >= 11 is 0.820. The molecule has 1 aliphatic heterocycles. The molecule has 1 aromatic heterocycles. The molecule has 3 rings (SSSR count). The fraction of sp³-hybridized carbons (Fsp3) is 0.467. The predicted molar refractivity (Wildman–Crippen MR) is 91.1 cm³/mol. The van der Waals surface area contributed by atoms with Crippen molar-refractivity contribution in [3.8, 4) is 0 Å². The summed E-state index contributed by atoms with van der Waals surface area (Å²) < 4.78 is 13.0. The number of ether oxygens (including phenoxy) is 1. The number of rotatable bonds is 6. The van der Waals surface area contributed by atoms with Crippen LogP contribution in [0.3, 0.4) is 0 Å². The average Bonchev–Trinajstić information content (AvgIpc) is 3.09. The second-order valence-electron chi connectivity index (χ2n) is 5.99. The lowest BCUT2D eigenvalue weighted by Gasteiger charge is -2.27. The highest BCUT2D eigenvalue weighted by Gasteiger charge is 2.30. The van der Waals surface area contributed by atoms with Gasteiger partial charge in [-0.05, 0) is 24.8 Å². The second-order valence-corrected chi connectivity index (χ2v) is 6.52. The third kappa shape index (κ3) is 3.78. The molecule has 0 bridgehead atoms. The van der Waals surface area contributed by atoms with Crippen molar-refractivity contribution in [1.29, 1.82) is 0 Å². The Morgan fingerprint density at radius 1 is 1.38 bits per heavy atom. The molecule has 1 amide bonds. The lowest BCUT2D eigenvalue weighted by molar-refractivity contribution is -0.383. The van der Waals surface area contributed by atoms with Crippen molar-refractivity contribution in [2.75, 3.05) is 19.8 Å². The van der Waals surface area contributed by atoms with E-state index in [2.05, 4.69) is 14.1 Å². The van der Waals surface area contributed by atoms with E-state index in [1.807, 2.05) is 0 Å². The van der Waals surface area contributed by atoms with Crippen LogP contribution >= 0.6 is 11.7 Å². The third-order valence-corrected chi connectivity index (χ3v) is 4.98. The first-order chi connectivity index (χ1) is 12.5. The molecular formula is C15H16N4O6S. The molecule has 2 N–H and O–H groups in total. The maximum absolute atomic E-state index is 12.4. The van der Waals surface area contributed by atoms with E-state index in [9.17, 15) is 24.8 Å². The quantitative estimate of drug-likeness (QED) is 0.566. The van der Waals surface area contributed by atoms with Gasteiger partial charge in [-0.2, -0.15) is 8.75 Å². The Labute approximate surface area is 151 Å². The van der Waals surface area contributed by atoms with Crippen molar-refractivity contribution in [3.63, 3.8) is 0 Å². The van der Waals surface area contributed by atoms with Gasteiger partial charge in [0.05, 0.1) is 22.6 Å². The summed E-state index contributed by atoms with van der Waals surface area (Å²) in [7, 11) is 0. The summed E-state index contributed by atoms with van der Waals surface area (Å²) in [6, 6.07) is 2.54. The summed E-state index contributed by atoms with van der Waals surface area (Å²) in [6.45, 7) is 0.949. The average molecular weight is 380 g/mol. The predicted octanol–water partition coefficient (Wildman–Crippen LogP) is 1.46. The molecule has 1 atom stereocenters. The number of fused-ring (bicyclic) bond motifs is 1. The summed E-state index contributed by atoms with van der Waals surface area (Å²) in [5.41, 5.74) is 0.129. The highest BCUT2D eigenvalue weighted by molar-refractivity contribution is 7.00. The van der Waals surface area contributed by atoms with Crippen LogP contribution in [0.4, 0.5) is 5.69 Å². The molecular weight excluding hydrogens is 364 g/mol. The Bertz CT molecular complexity index is 848. The molecule has 1 fully saturated rings. The Balaban J connectivity index is 1.75. The molecule has 1 aromatic carbocycles. The van der Waals surface area contributed by atoms with Gasteiger partial charge in [0.2, 0.25) is 0 Å². The zero-order valence-electron chi connectivity index (χ0n) is 13.6. The molecule has 0 aliphatic carbocycles. The molecule has 11 heteroatoms. The van der Waals surface area contributed by atoms with Gasteiger partial charge in [0.1, 0.15) is 5.52 Å². The van der Waals surface area contributed by atoms with Crippen molar-refractivity contribution in [2.24, 2.45) is 11.8 Å². The van der Waals surface area contributed by atoms with Crippen LogP contribution in [0.1, 0.15) is 23.2 Å². The van der Waals surface area contributed by atoms with Crippen LogP contribution < -0.4 is 5.32 Å². The van der Waals surface area contributed by atoms with E-state index in [4.69, 9.17) is 4.74 Å². The van der Waals surface area contributed by atoms with Crippen molar-refractivity contribution in [2.45, 2.75) is 12.8 Å². The number of hydrogen-bond donors (Lipinski definition) is 2. The zero-order chi connectivity index (χ0) is 18.7. The Morgan fingerprint density at radius 2 is 2.12 bits per heavy atom. The fourth-order valence-electron chi connectivity index (χ4n) is 3.02. The van der Waals surface area contributed by atoms with Crippen LogP contribution in [0, 0.1) is 22.0 Å². The van der Waals surface area contributed by atoms with Crippen molar-refractivity contribution >= 4 is 40.3 Å². The first-order valence-electron chi connectivity index (χ1n) is 7.97. The molecule has 2 aromatic rings. The standard InChI is InChI=1S/C15H16N4O6S/c20-14(16-7-10(15(21)22)8-1-3-25-4-2-8)9-5-11-13(18-26-17-11)12(6-9)19(23)24/h5-6,8,10H,1-4,7H2,(H,16,20)(H,21,22). The fourth-order valence-corrected chi connectivity index (χ4v) is 3.56. The third-order valence-electron chi connectivity index (χ3n) is 4.43. The van der Waals surface area contributed by atoms with Crippen LogP contribution in [0.25, 0.3) is 11.0 Å². The van der Waals surface area contributed by atoms with Crippen molar-refractivity contribution in [3.05, 3.63) is 27.8 Å². The van der Waals surface area contributed by atoms with Gasteiger partial charge in [-0.25, -0.2) is 0 Å². The number of aromatic nitrogens is 2. The second kappa shape index (κ2) is 7.70. The number of benzene rings is 1. The summed E-state index contributed by atoms with van der Waals surface area (Å²) in [4.78, 5) is 34.5. The molecule has 1 saturated heterocycles. The van der Waals surface area contributed by atoms with Gasteiger partial charge in [-0.3, -0.25) is 19.7 Å². The van der Waals surface area contributed by atoms with E-state index >= 15 is 0 Å². The SMILES string of the molecule is O=C(NCC(C(=O)O)C1CCOCC1)c1cc([N+](=O)[O-])c2nsnc2c1. The normalized spacial score (nSPS) is 16.3. The molecule has 0 saturated carbocycles. The van der Waals surface area contributed by atoms with Gasteiger partial charge in [-0.1, -0.05) is 0 Å². The topological polar surface area (TPSA) is 145 Å². The summed E-state index contributed by atoms with van der Waals surface area (Å²) in [6.07, 6.45) is 1.24. The van der Waals surface area contributed by atoms with Crippen LogP contribution in [-0.4, -0.2) is 50.4 Å². The largest absolute Gasteiger partial charge is 0.481 e. The van der Waals surface area contributed by atoms with Gasteiger partial charge >= 0.3 is 5.97 Å². The lowest BCUT2D eigenvalue weighted by Crippen LogP contribution is -2.39. The molecule has 10 nitrogen and oxygen atoms in total. The molecule has 1 unspecified atom stereocenters. The smallest absolute Gasteiger partial charge is 0.308 e. The maximum Gasteiger partial charge on any atom is 0.308 e. The highest BCUT2D eigenvalue weighted by atomic mass is 32.1. The van der Waals surface area contributed by atoms with Gasteiger partial charge < -0.3 is 15.2 Å². The first kappa shape index (κ1) is 18.1. The van der Waals surface area contributed by atoms with Gasteiger partial charge in [0, 0.05) is 31.4 Å². The van der Waals surface area contributed by atoms with Crippen LogP contribution in [0.15, 0.2) is 12.1 Å². The first-order valence-corrected chi connectivity index (χ1v) is 8.70. The number of amides is 1. The Morgan fingerprint density at radius 3 is 2.77 bits per heavy atom. The molecule has 1 aliphatic rings. The maximum atomic E-state index is 12.4. The summed E-state index contributed by atoms with van der Waals surface area (Å²) in [5.74, 6) is -2.38. The van der Waals surface area contributed by atoms with Crippen molar-refractivity contribution in [1.82, 2.24) is 14.1 Å². The van der Waals surface area contributed by atoms with E-state index in [0.717, 1.165) is 17.8 Å². The molecule has 26 heavy (non-hydrogen) atoms. The lowest BCUT2D eigenvalue weighted by atomic mass is 9.86. The van der Waals surface area contributed by atoms with Crippen molar-refractivity contribution < 1.29 is 24.4 Å². The van der Waals surface area contributed by atoms with Gasteiger partial charge in [0.15, 0.2) is 5.52 Å². The molecule has 138 valence electrons. The van der Waals surface area contributed by atoms with Crippen LogP contribution in [0.5, 0.6) is 0 Å². The molecule has 0 radical (unpaired) electrons. The van der Waals surface area contributed by atoms with E-state index in [1.165, 1.54) is 6.07 Å². The number of aliphatic carboxylic acids is 1. The number of carbonyl (C=O) groups excluding carboxylic acids is 1. The highest BCUT2D eigenvalue weighted by Crippen LogP contribution is 2.26. The van der Waals surface area contributed by atoms with Crippen LogP contribution in [0.2, 0.25) is 0 Å². The number of nitrogens with zero attached hydrogens (tertiary/aromatic N) is 3. The van der Waals surface area contributed by atoms with E-state index in [1.54, 1.807) is 0 Å². The minimum absolute atomic E-state index is 0.0491. The molecule has 2 heterocycles. The number of carboxylic acid groups (broad SMARTS) is 1. The zero-order valence-corrected chi connectivity index (χ0v) is 14.4.